The van der Waals surface area contributed by atoms with E-state index >= 15 is 0 Å². The number of carboxylic acid groups (broad SMARTS) is 1. The van der Waals surface area contributed by atoms with E-state index in [-0.39, 0.29) is 5.56 Å². The summed E-state index contributed by atoms with van der Waals surface area (Å²) in [6.45, 7) is 1.80. The highest BCUT2D eigenvalue weighted by molar-refractivity contribution is 9.10. The lowest BCUT2D eigenvalue weighted by Gasteiger charge is -2.08. The van der Waals surface area contributed by atoms with Gasteiger partial charge >= 0.3 is 5.97 Å². The van der Waals surface area contributed by atoms with Gasteiger partial charge in [0, 0.05) is 10.0 Å². The molecule has 0 amide bonds. The molecular weight excluding hydrogens is 236 g/mol. The normalized spacial score (nSPS) is 9.77. The predicted molar refractivity (Wildman–Crippen MR) is 52.4 cm³/mol. The van der Waals surface area contributed by atoms with Crippen molar-refractivity contribution in [3.05, 3.63) is 27.7 Å². The molecule has 0 spiro atoms. The number of ether oxygens (including phenoxy) is 1. The van der Waals surface area contributed by atoms with Crippen LogP contribution in [0, 0.1) is 6.92 Å². The minimum Gasteiger partial charge on any atom is -0.496 e. The van der Waals surface area contributed by atoms with Gasteiger partial charge in [-0.1, -0.05) is 0 Å². The smallest absolute Gasteiger partial charge is 0.336 e. The van der Waals surface area contributed by atoms with Crippen molar-refractivity contribution in [2.45, 2.75) is 6.92 Å². The van der Waals surface area contributed by atoms with Crippen LogP contribution in [0.5, 0.6) is 5.75 Å². The van der Waals surface area contributed by atoms with Crippen molar-refractivity contribution < 1.29 is 14.6 Å². The largest absolute Gasteiger partial charge is 0.496 e. The molecule has 1 aromatic rings. The number of methoxy groups -OCH3 is 1. The van der Waals surface area contributed by atoms with Crippen LogP contribution in [0.15, 0.2) is 16.6 Å². The monoisotopic (exact) mass is 244 g/mol. The van der Waals surface area contributed by atoms with Crippen molar-refractivity contribution >= 4 is 21.9 Å². The summed E-state index contributed by atoms with van der Waals surface area (Å²) in [6, 6.07) is 3.15. The molecule has 0 saturated heterocycles. The molecule has 0 heterocycles. The minimum atomic E-state index is -0.947. The summed E-state index contributed by atoms with van der Waals surface area (Å²) in [5.74, 6) is -0.269. The molecule has 0 radical (unpaired) electrons. The van der Waals surface area contributed by atoms with Gasteiger partial charge < -0.3 is 9.84 Å². The zero-order chi connectivity index (χ0) is 10.0. The quantitative estimate of drug-likeness (QED) is 0.870. The summed E-state index contributed by atoms with van der Waals surface area (Å²) in [5, 5.41) is 8.78. The Balaban J connectivity index is 3.31. The molecule has 0 saturated carbocycles. The van der Waals surface area contributed by atoms with E-state index in [2.05, 4.69) is 15.9 Å². The Morgan fingerprint density at radius 2 is 2.15 bits per heavy atom. The first-order valence-electron chi connectivity index (χ1n) is 3.64. The number of hydrogen-bond acceptors (Lipinski definition) is 2. The van der Waals surface area contributed by atoms with Gasteiger partial charge in [0.15, 0.2) is 0 Å². The number of halogens is 1. The van der Waals surface area contributed by atoms with Crippen molar-refractivity contribution in [1.82, 2.24) is 0 Å². The summed E-state index contributed by atoms with van der Waals surface area (Å²) in [4.78, 5) is 10.7. The number of rotatable bonds is 2. The number of benzene rings is 1. The predicted octanol–water partition coefficient (Wildman–Crippen LogP) is 2.46. The summed E-state index contributed by atoms with van der Waals surface area (Å²) in [5.41, 5.74) is 1.04. The molecular formula is C9H9BrO3. The van der Waals surface area contributed by atoms with Gasteiger partial charge in [-0.15, -0.1) is 0 Å². The van der Waals surface area contributed by atoms with E-state index in [9.17, 15) is 4.79 Å². The lowest BCUT2D eigenvalue weighted by molar-refractivity contribution is 0.0695. The summed E-state index contributed by atoms with van der Waals surface area (Å²) < 4.78 is 5.61. The summed E-state index contributed by atoms with van der Waals surface area (Å²) >= 11 is 3.21. The third-order valence-electron chi connectivity index (χ3n) is 1.79. The Bertz CT molecular complexity index is 347. The van der Waals surface area contributed by atoms with Crippen molar-refractivity contribution in [1.29, 1.82) is 0 Å². The average molecular weight is 245 g/mol. The highest BCUT2D eigenvalue weighted by atomic mass is 79.9. The topological polar surface area (TPSA) is 46.5 Å². The fourth-order valence-electron chi connectivity index (χ4n) is 1.05. The Labute approximate surface area is 84.5 Å². The maximum atomic E-state index is 10.7. The van der Waals surface area contributed by atoms with Gasteiger partial charge in [0.2, 0.25) is 0 Å². The number of aromatic carboxylic acids is 1. The van der Waals surface area contributed by atoms with Crippen molar-refractivity contribution in [2.75, 3.05) is 7.11 Å². The molecule has 0 bridgehead atoms. The van der Waals surface area contributed by atoms with E-state index in [4.69, 9.17) is 9.84 Å². The molecule has 1 aromatic carbocycles. The van der Waals surface area contributed by atoms with Gasteiger partial charge in [-0.25, -0.2) is 4.79 Å². The molecule has 1 N–H and O–H groups in total. The zero-order valence-corrected chi connectivity index (χ0v) is 8.88. The van der Waals surface area contributed by atoms with E-state index < -0.39 is 5.97 Å². The Morgan fingerprint density at radius 3 is 2.62 bits per heavy atom. The van der Waals surface area contributed by atoms with Gasteiger partial charge in [-0.2, -0.15) is 0 Å². The van der Waals surface area contributed by atoms with Gasteiger partial charge in [0.25, 0.3) is 0 Å². The maximum Gasteiger partial charge on any atom is 0.336 e. The molecule has 0 aliphatic rings. The third kappa shape index (κ3) is 1.83. The fourth-order valence-corrected chi connectivity index (χ4v) is 1.55. The van der Waals surface area contributed by atoms with Crippen LogP contribution in [0.3, 0.4) is 0 Å². The van der Waals surface area contributed by atoms with E-state index in [1.165, 1.54) is 6.07 Å². The van der Waals surface area contributed by atoms with Crippen molar-refractivity contribution in [3.8, 4) is 5.75 Å². The van der Waals surface area contributed by atoms with Crippen molar-refractivity contribution in [3.63, 3.8) is 0 Å². The van der Waals surface area contributed by atoms with Crippen molar-refractivity contribution in [2.24, 2.45) is 0 Å². The lowest BCUT2D eigenvalue weighted by Crippen LogP contribution is -2.00. The number of carboxylic acids is 1. The third-order valence-corrected chi connectivity index (χ3v) is 2.81. The van der Waals surface area contributed by atoms with Crippen LogP contribution in [0.4, 0.5) is 0 Å². The number of carbonyl (C=O) groups is 1. The van der Waals surface area contributed by atoms with Crippen LogP contribution in [0.2, 0.25) is 0 Å². The molecule has 0 aliphatic carbocycles. The lowest BCUT2D eigenvalue weighted by atomic mass is 10.1. The van der Waals surface area contributed by atoms with Crippen LogP contribution in [0.25, 0.3) is 0 Å². The Kier molecular flexibility index (Phi) is 2.93. The van der Waals surface area contributed by atoms with E-state index in [0.717, 1.165) is 5.56 Å². The van der Waals surface area contributed by atoms with Gasteiger partial charge in [0.05, 0.1) is 12.7 Å². The van der Waals surface area contributed by atoms with Crippen LogP contribution in [-0.2, 0) is 0 Å². The molecule has 0 fully saturated rings. The molecule has 0 atom stereocenters. The standard InChI is InChI=1S/C9H9BrO3/c1-5-7(13-2)4-3-6(8(5)10)9(11)12/h3-4H,1-2H3,(H,11,12). The van der Waals surface area contributed by atoms with Crippen LogP contribution < -0.4 is 4.74 Å². The summed E-state index contributed by atoms with van der Waals surface area (Å²) in [7, 11) is 1.55. The Hall–Kier alpha value is -1.03. The SMILES string of the molecule is COc1ccc(C(=O)O)c(Br)c1C. The molecule has 4 heteroatoms. The fraction of sp³-hybridized carbons (Fsp3) is 0.222. The van der Waals surface area contributed by atoms with E-state index in [0.29, 0.717) is 10.2 Å². The Morgan fingerprint density at radius 1 is 1.54 bits per heavy atom. The highest BCUT2D eigenvalue weighted by Crippen LogP contribution is 2.29. The minimum absolute atomic E-state index is 0.248. The zero-order valence-electron chi connectivity index (χ0n) is 7.30. The highest BCUT2D eigenvalue weighted by Gasteiger charge is 2.12. The summed E-state index contributed by atoms with van der Waals surface area (Å²) in [6.07, 6.45) is 0. The molecule has 13 heavy (non-hydrogen) atoms. The molecule has 0 aromatic heterocycles. The van der Waals surface area contributed by atoms with Gasteiger partial charge in [-0.05, 0) is 35.0 Å². The first kappa shape index (κ1) is 10.1. The van der Waals surface area contributed by atoms with E-state index in [1.807, 2.05) is 0 Å². The maximum absolute atomic E-state index is 10.7. The van der Waals surface area contributed by atoms with E-state index in [1.54, 1.807) is 20.1 Å². The molecule has 0 aliphatic heterocycles. The first-order chi connectivity index (χ1) is 6.07. The average Bonchev–Trinajstić information content (AvgIpc) is 2.09. The molecule has 0 unspecified atom stereocenters. The second-order valence-corrected chi connectivity index (χ2v) is 3.35. The molecule has 3 nitrogen and oxygen atoms in total. The molecule has 1 rings (SSSR count). The molecule has 70 valence electrons. The van der Waals surface area contributed by atoms with Gasteiger partial charge in [-0.3, -0.25) is 0 Å². The van der Waals surface area contributed by atoms with Gasteiger partial charge in [0.1, 0.15) is 5.75 Å². The second-order valence-electron chi connectivity index (χ2n) is 2.56. The second kappa shape index (κ2) is 3.79. The van der Waals surface area contributed by atoms with Crippen LogP contribution in [0.1, 0.15) is 15.9 Å². The number of hydrogen-bond donors (Lipinski definition) is 1. The first-order valence-corrected chi connectivity index (χ1v) is 4.43. The van der Waals surface area contributed by atoms with Crippen LogP contribution in [-0.4, -0.2) is 18.2 Å². The van der Waals surface area contributed by atoms with Crippen LogP contribution >= 0.6 is 15.9 Å².